The first kappa shape index (κ1) is 21.6. The quantitative estimate of drug-likeness (QED) is 0.349. The molecule has 0 bridgehead atoms. The predicted molar refractivity (Wildman–Crippen MR) is 129 cm³/mol. The van der Waals surface area contributed by atoms with E-state index in [4.69, 9.17) is 0 Å². The molecule has 0 aromatic carbocycles. The van der Waals surface area contributed by atoms with Crippen LogP contribution in [0.3, 0.4) is 0 Å². The van der Waals surface area contributed by atoms with Crippen LogP contribution in [0.25, 0.3) is 0 Å². The molecule has 0 aliphatic heterocycles. The van der Waals surface area contributed by atoms with Gasteiger partial charge in [0.05, 0.1) is 0 Å². The Morgan fingerprint density at radius 3 is 2.20 bits per heavy atom. The summed E-state index contributed by atoms with van der Waals surface area (Å²) in [6, 6.07) is 0. The molecule has 0 spiro atoms. The van der Waals surface area contributed by atoms with E-state index in [-0.39, 0.29) is 0 Å². The molecule has 5 aliphatic rings. The van der Waals surface area contributed by atoms with Crippen molar-refractivity contribution in [1.82, 2.24) is 0 Å². The average molecular weight is 411 g/mol. The molecule has 0 heteroatoms. The first-order valence-electron chi connectivity index (χ1n) is 13.6. The zero-order chi connectivity index (χ0) is 21.7. The molecule has 0 heterocycles. The zero-order valence-corrected chi connectivity index (χ0v) is 21.4. The molecule has 5 fully saturated rings. The Balaban J connectivity index is 1.55. The summed E-state index contributed by atoms with van der Waals surface area (Å²) in [5, 5.41) is 0. The first-order valence-corrected chi connectivity index (χ1v) is 13.6. The summed E-state index contributed by atoms with van der Waals surface area (Å²) in [7, 11) is 0. The molecule has 170 valence electrons. The topological polar surface area (TPSA) is 0 Å². The van der Waals surface area contributed by atoms with Crippen molar-refractivity contribution in [3.63, 3.8) is 0 Å². The minimum atomic E-state index is 0.529. The molecular formula is C30H50. The van der Waals surface area contributed by atoms with Crippen molar-refractivity contribution in [3.05, 3.63) is 12.2 Å². The molecule has 0 amide bonds. The maximum Gasteiger partial charge on any atom is -0.0198 e. The fraction of sp³-hybridized carbons (Fsp3) is 0.933. The van der Waals surface area contributed by atoms with Crippen molar-refractivity contribution in [3.8, 4) is 0 Å². The number of rotatable bonds is 0. The first-order chi connectivity index (χ1) is 13.9. The van der Waals surface area contributed by atoms with Gasteiger partial charge in [-0.2, -0.15) is 0 Å². The Hall–Kier alpha value is -0.260. The maximum atomic E-state index is 4.56. The summed E-state index contributed by atoms with van der Waals surface area (Å²) in [4.78, 5) is 0. The fourth-order valence-electron chi connectivity index (χ4n) is 11.5. The standard InChI is InChI=1S/C30H50/c1-20-12-16-27(5)18-19-29(7)22(25(27)21(20)2)10-11-24-28(6)15-9-14-26(3,4)23(28)13-17-30(24,29)8/h21-25H,1,9-19H2,2-8H3/t21?,22-,23?,24-,25-,27-,28+,29-,30-/m1/s1. The van der Waals surface area contributed by atoms with E-state index < -0.39 is 0 Å². The van der Waals surface area contributed by atoms with Gasteiger partial charge in [0.2, 0.25) is 0 Å². The molecule has 0 N–H and O–H groups in total. The molecule has 9 atom stereocenters. The van der Waals surface area contributed by atoms with Gasteiger partial charge in [0.15, 0.2) is 0 Å². The van der Waals surface area contributed by atoms with Crippen LogP contribution in [0.1, 0.15) is 119 Å². The lowest BCUT2D eigenvalue weighted by Gasteiger charge is -2.73. The normalized spacial score (nSPS) is 57.6. The van der Waals surface area contributed by atoms with E-state index >= 15 is 0 Å². The Bertz CT molecular complexity index is 730. The SMILES string of the molecule is C=C1CC[C@]2(C)CC[C@]3(C)[C@H](CC[C@@H]4[C@@]5(C)CCCC(C)(C)C5CC[C@]43C)[C@H]2C1C. The second-order valence-corrected chi connectivity index (χ2v) is 14.6. The summed E-state index contributed by atoms with van der Waals surface area (Å²) in [6.45, 7) is 23.3. The molecular weight excluding hydrogens is 360 g/mol. The van der Waals surface area contributed by atoms with Gasteiger partial charge in [-0.1, -0.05) is 67.0 Å². The van der Waals surface area contributed by atoms with Gasteiger partial charge in [-0.3, -0.25) is 0 Å². The highest BCUT2D eigenvalue weighted by Crippen LogP contribution is 2.76. The Labute approximate surface area is 188 Å². The second kappa shape index (κ2) is 6.41. The van der Waals surface area contributed by atoms with Crippen LogP contribution in [0.5, 0.6) is 0 Å². The highest BCUT2D eigenvalue weighted by molar-refractivity contribution is 5.20. The Morgan fingerprint density at radius 1 is 0.733 bits per heavy atom. The van der Waals surface area contributed by atoms with Crippen LogP contribution in [-0.4, -0.2) is 0 Å². The minimum absolute atomic E-state index is 0.529. The largest absolute Gasteiger partial charge is 0.0996 e. The van der Waals surface area contributed by atoms with E-state index in [2.05, 4.69) is 55.0 Å². The van der Waals surface area contributed by atoms with Crippen LogP contribution in [0.2, 0.25) is 0 Å². The van der Waals surface area contributed by atoms with Crippen LogP contribution in [0.15, 0.2) is 12.2 Å². The number of hydrogen-bond acceptors (Lipinski definition) is 0. The lowest BCUT2D eigenvalue weighted by molar-refractivity contribution is -0.241. The van der Waals surface area contributed by atoms with Crippen LogP contribution < -0.4 is 0 Å². The third kappa shape index (κ3) is 2.52. The van der Waals surface area contributed by atoms with E-state index in [0.717, 1.165) is 29.6 Å². The lowest BCUT2D eigenvalue weighted by Crippen LogP contribution is -2.66. The maximum absolute atomic E-state index is 4.56. The van der Waals surface area contributed by atoms with Crippen LogP contribution in [0, 0.1) is 56.7 Å². The van der Waals surface area contributed by atoms with Gasteiger partial charge in [-0.05, 0) is 121 Å². The van der Waals surface area contributed by atoms with Crippen molar-refractivity contribution in [2.24, 2.45) is 56.7 Å². The molecule has 0 saturated heterocycles. The highest BCUT2D eigenvalue weighted by Gasteiger charge is 2.69. The summed E-state index contributed by atoms with van der Waals surface area (Å²) >= 11 is 0. The number of fused-ring (bicyclic) bond motifs is 7. The summed E-state index contributed by atoms with van der Waals surface area (Å²) in [5.74, 6) is 4.41. The van der Waals surface area contributed by atoms with Crippen molar-refractivity contribution < 1.29 is 0 Å². The van der Waals surface area contributed by atoms with Gasteiger partial charge in [-0.15, -0.1) is 0 Å². The second-order valence-electron chi connectivity index (χ2n) is 14.6. The van der Waals surface area contributed by atoms with E-state index in [0.29, 0.717) is 27.1 Å². The third-order valence-corrected chi connectivity index (χ3v) is 13.3. The molecule has 0 radical (unpaired) electrons. The molecule has 0 aromatic heterocycles. The van der Waals surface area contributed by atoms with Crippen LogP contribution in [-0.2, 0) is 0 Å². The monoisotopic (exact) mass is 410 g/mol. The van der Waals surface area contributed by atoms with Crippen molar-refractivity contribution in [2.45, 2.75) is 119 Å². The van der Waals surface area contributed by atoms with Gasteiger partial charge in [0, 0.05) is 0 Å². The number of hydrogen-bond donors (Lipinski definition) is 0. The molecule has 5 saturated carbocycles. The van der Waals surface area contributed by atoms with Gasteiger partial charge in [0.25, 0.3) is 0 Å². The minimum Gasteiger partial charge on any atom is -0.0996 e. The van der Waals surface area contributed by atoms with Gasteiger partial charge >= 0.3 is 0 Å². The van der Waals surface area contributed by atoms with E-state index in [1.165, 1.54) is 70.6 Å². The lowest BCUT2D eigenvalue weighted by atomic mass is 9.31. The fourth-order valence-corrected chi connectivity index (χ4v) is 11.5. The van der Waals surface area contributed by atoms with Gasteiger partial charge in [-0.25, -0.2) is 0 Å². The van der Waals surface area contributed by atoms with Crippen molar-refractivity contribution in [2.75, 3.05) is 0 Å². The zero-order valence-electron chi connectivity index (χ0n) is 21.4. The molecule has 2 unspecified atom stereocenters. The number of allylic oxidation sites excluding steroid dienone is 1. The van der Waals surface area contributed by atoms with E-state index in [1.807, 2.05) is 0 Å². The van der Waals surface area contributed by atoms with E-state index in [1.54, 1.807) is 5.57 Å². The molecule has 0 nitrogen and oxygen atoms in total. The molecule has 5 rings (SSSR count). The highest BCUT2D eigenvalue weighted by atomic mass is 14.7. The summed E-state index contributed by atoms with van der Waals surface area (Å²) < 4.78 is 0. The van der Waals surface area contributed by atoms with Crippen LogP contribution in [0.4, 0.5) is 0 Å². The predicted octanol–water partition coefficient (Wildman–Crippen LogP) is 9.05. The third-order valence-electron chi connectivity index (χ3n) is 13.3. The summed E-state index contributed by atoms with van der Waals surface area (Å²) in [6.07, 6.45) is 16.0. The van der Waals surface area contributed by atoms with Crippen LogP contribution >= 0.6 is 0 Å². The molecule has 0 aromatic rings. The Kier molecular flexibility index (Phi) is 4.61. The molecule has 5 aliphatic carbocycles. The van der Waals surface area contributed by atoms with Crippen molar-refractivity contribution in [1.29, 1.82) is 0 Å². The summed E-state index contributed by atoms with van der Waals surface area (Å²) in [5.41, 5.74) is 4.33. The van der Waals surface area contributed by atoms with E-state index in [9.17, 15) is 0 Å². The molecule has 30 heavy (non-hydrogen) atoms. The Morgan fingerprint density at radius 2 is 1.47 bits per heavy atom. The van der Waals surface area contributed by atoms with Gasteiger partial charge in [0.1, 0.15) is 0 Å². The van der Waals surface area contributed by atoms with Crippen molar-refractivity contribution >= 4 is 0 Å². The van der Waals surface area contributed by atoms with Gasteiger partial charge < -0.3 is 0 Å². The average Bonchev–Trinajstić information content (AvgIpc) is 2.65. The smallest absolute Gasteiger partial charge is 0.0198 e.